The summed E-state index contributed by atoms with van der Waals surface area (Å²) in [7, 11) is 0. The molecule has 2 atom stereocenters. The zero-order chi connectivity index (χ0) is 14.5. The number of rotatable bonds is 7. The van der Waals surface area contributed by atoms with Crippen LogP contribution >= 0.6 is 0 Å². The van der Waals surface area contributed by atoms with Gasteiger partial charge in [-0.1, -0.05) is 30.1 Å². The van der Waals surface area contributed by atoms with Crippen molar-refractivity contribution in [3.05, 3.63) is 24.3 Å². The molecule has 0 spiro atoms. The summed E-state index contributed by atoms with van der Waals surface area (Å²) in [5.41, 5.74) is 0. The Morgan fingerprint density at radius 1 is 1.32 bits per heavy atom. The van der Waals surface area contributed by atoms with Crippen LogP contribution in [0.4, 0.5) is 0 Å². The molecule has 0 heterocycles. The molecular formula is C15H18O4. The standard InChI is InChI=1S/C15H18O4/c1-2-8-13(16)9-5-3-4-6-10-14(17)11-7-12-15(18)19/h1,3-5,9,13-14,16-17H,7-8,11-12H2,(H,18,19)/b4-3+,9-5+/t13-,14-/m1/s1. The lowest BCUT2D eigenvalue weighted by atomic mass is 10.1. The second-order valence-electron chi connectivity index (χ2n) is 3.81. The van der Waals surface area contributed by atoms with Crippen molar-refractivity contribution < 1.29 is 20.1 Å². The molecule has 0 unspecified atom stereocenters. The SMILES string of the molecule is C#CC[C@@H](O)/C=C/C=C/C#C[C@@H](O)CCCC(=O)O. The molecule has 4 nitrogen and oxygen atoms in total. The Kier molecular flexibility index (Phi) is 9.93. The number of hydrogen-bond donors (Lipinski definition) is 3. The maximum absolute atomic E-state index is 10.2. The minimum Gasteiger partial charge on any atom is -0.481 e. The smallest absolute Gasteiger partial charge is 0.303 e. The molecule has 0 saturated carbocycles. The van der Waals surface area contributed by atoms with Crippen LogP contribution in [0.2, 0.25) is 0 Å². The van der Waals surface area contributed by atoms with E-state index in [1.165, 1.54) is 6.08 Å². The van der Waals surface area contributed by atoms with E-state index in [1.54, 1.807) is 18.2 Å². The zero-order valence-electron chi connectivity index (χ0n) is 10.6. The lowest BCUT2D eigenvalue weighted by molar-refractivity contribution is -0.137. The van der Waals surface area contributed by atoms with E-state index in [4.69, 9.17) is 11.5 Å². The quantitative estimate of drug-likeness (QED) is 0.474. The van der Waals surface area contributed by atoms with Crippen LogP contribution in [0.15, 0.2) is 24.3 Å². The summed E-state index contributed by atoms with van der Waals surface area (Å²) in [4.78, 5) is 10.2. The third kappa shape index (κ3) is 12.2. The van der Waals surface area contributed by atoms with Gasteiger partial charge >= 0.3 is 5.97 Å². The van der Waals surface area contributed by atoms with E-state index in [9.17, 15) is 15.0 Å². The first kappa shape index (κ1) is 17.0. The van der Waals surface area contributed by atoms with E-state index in [-0.39, 0.29) is 12.8 Å². The molecule has 0 aromatic heterocycles. The highest BCUT2D eigenvalue weighted by molar-refractivity contribution is 5.66. The van der Waals surface area contributed by atoms with Gasteiger partial charge in [-0.15, -0.1) is 12.3 Å². The highest BCUT2D eigenvalue weighted by Crippen LogP contribution is 1.99. The van der Waals surface area contributed by atoms with E-state index in [1.807, 2.05) is 0 Å². The maximum Gasteiger partial charge on any atom is 0.303 e. The zero-order valence-corrected chi connectivity index (χ0v) is 10.6. The van der Waals surface area contributed by atoms with Gasteiger partial charge in [-0.2, -0.15) is 0 Å². The monoisotopic (exact) mass is 262 g/mol. The number of aliphatic hydroxyl groups is 2. The molecule has 3 N–H and O–H groups in total. The fraction of sp³-hybridized carbons (Fsp3) is 0.400. The lowest BCUT2D eigenvalue weighted by Gasteiger charge is -1.99. The largest absolute Gasteiger partial charge is 0.481 e. The molecule has 0 amide bonds. The second-order valence-corrected chi connectivity index (χ2v) is 3.81. The van der Waals surface area contributed by atoms with Crippen LogP contribution in [0, 0.1) is 24.2 Å². The molecule has 19 heavy (non-hydrogen) atoms. The first-order chi connectivity index (χ1) is 9.06. The molecular weight excluding hydrogens is 244 g/mol. The fourth-order valence-electron chi connectivity index (χ4n) is 1.15. The normalized spacial score (nSPS) is 13.7. The van der Waals surface area contributed by atoms with Gasteiger partial charge in [0.05, 0.1) is 6.10 Å². The predicted octanol–water partition coefficient (Wildman–Crippen LogP) is 1.10. The molecule has 0 radical (unpaired) electrons. The van der Waals surface area contributed by atoms with Gasteiger partial charge in [0.2, 0.25) is 0 Å². The summed E-state index contributed by atoms with van der Waals surface area (Å²) in [5, 5.41) is 27.1. The van der Waals surface area contributed by atoms with E-state index < -0.39 is 18.2 Å². The summed E-state index contributed by atoms with van der Waals surface area (Å²) < 4.78 is 0. The van der Waals surface area contributed by atoms with Crippen molar-refractivity contribution >= 4 is 5.97 Å². The Bertz CT molecular complexity index is 418. The summed E-state index contributed by atoms with van der Waals surface area (Å²) in [6.07, 6.45) is 10.9. The Hall–Kier alpha value is -2.01. The number of hydrogen-bond acceptors (Lipinski definition) is 3. The van der Waals surface area contributed by atoms with Crippen LogP contribution < -0.4 is 0 Å². The average Bonchev–Trinajstić information content (AvgIpc) is 2.33. The number of allylic oxidation sites excluding steroid dienone is 3. The van der Waals surface area contributed by atoms with Gasteiger partial charge in [-0.3, -0.25) is 4.79 Å². The summed E-state index contributed by atoms with van der Waals surface area (Å²) >= 11 is 0. The van der Waals surface area contributed by atoms with Crippen LogP contribution in [-0.4, -0.2) is 33.5 Å². The molecule has 0 aliphatic rings. The van der Waals surface area contributed by atoms with Crippen LogP contribution in [-0.2, 0) is 4.79 Å². The highest BCUT2D eigenvalue weighted by Gasteiger charge is 2.01. The first-order valence-electron chi connectivity index (χ1n) is 5.92. The molecule has 0 aromatic carbocycles. The van der Waals surface area contributed by atoms with Gasteiger partial charge in [0.15, 0.2) is 0 Å². The molecule has 0 saturated heterocycles. The number of carboxylic acids is 1. The first-order valence-corrected chi connectivity index (χ1v) is 5.92. The minimum atomic E-state index is -0.879. The van der Waals surface area contributed by atoms with Crippen molar-refractivity contribution in [1.29, 1.82) is 0 Å². The molecule has 4 heteroatoms. The molecule has 0 aliphatic heterocycles. The number of aliphatic hydroxyl groups excluding tert-OH is 2. The van der Waals surface area contributed by atoms with Crippen molar-refractivity contribution in [2.45, 2.75) is 37.9 Å². The van der Waals surface area contributed by atoms with Crippen LogP contribution in [0.25, 0.3) is 0 Å². The molecule has 102 valence electrons. The van der Waals surface area contributed by atoms with Gasteiger partial charge in [-0.05, 0) is 18.9 Å². The number of terminal acetylenes is 1. The molecule has 0 fully saturated rings. The van der Waals surface area contributed by atoms with Gasteiger partial charge in [0, 0.05) is 12.8 Å². The predicted molar refractivity (Wildman–Crippen MR) is 73.0 cm³/mol. The molecule has 0 bridgehead atoms. The van der Waals surface area contributed by atoms with Gasteiger partial charge in [0.1, 0.15) is 6.10 Å². The Morgan fingerprint density at radius 2 is 2.05 bits per heavy atom. The van der Waals surface area contributed by atoms with Gasteiger partial charge in [0.25, 0.3) is 0 Å². The van der Waals surface area contributed by atoms with Crippen molar-refractivity contribution in [2.24, 2.45) is 0 Å². The molecule has 0 aliphatic carbocycles. The van der Waals surface area contributed by atoms with Crippen molar-refractivity contribution in [3.8, 4) is 24.2 Å². The second kappa shape index (κ2) is 11.1. The summed E-state index contributed by atoms with van der Waals surface area (Å²) in [5.74, 6) is 6.65. The number of carboxylic acid groups (broad SMARTS) is 1. The lowest BCUT2D eigenvalue weighted by Crippen LogP contribution is -2.04. The highest BCUT2D eigenvalue weighted by atomic mass is 16.4. The Morgan fingerprint density at radius 3 is 2.68 bits per heavy atom. The van der Waals surface area contributed by atoms with Crippen molar-refractivity contribution in [2.75, 3.05) is 0 Å². The van der Waals surface area contributed by atoms with Crippen molar-refractivity contribution in [1.82, 2.24) is 0 Å². The maximum atomic E-state index is 10.2. The third-order valence-corrected chi connectivity index (χ3v) is 2.07. The fourth-order valence-corrected chi connectivity index (χ4v) is 1.15. The van der Waals surface area contributed by atoms with Crippen LogP contribution in [0.1, 0.15) is 25.7 Å². The topological polar surface area (TPSA) is 77.8 Å². The van der Waals surface area contributed by atoms with E-state index in [2.05, 4.69) is 17.8 Å². The minimum absolute atomic E-state index is 0.0321. The van der Waals surface area contributed by atoms with E-state index >= 15 is 0 Å². The van der Waals surface area contributed by atoms with E-state index in [0.717, 1.165) is 0 Å². The van der Waals surface area contributed by atoms with E-state index in [0.29, 0.717) is 12.8 Å². The molecule has 0 rings (SSSR count). The third-order valence-electron chi connectivity index (χ3n) is 2.07. The number of aliphatic carboxylic acids is 1. The van der Waals surface area contributed by atoms with Gasteiger partial charge < -0.3 is 15.3 Å². The van der Waals surface area contributed by atoms with Gasteiger partial charge in [-0.25, -0.2) is 0 Å². The summed E-state index contributed by atoms with van der Waals surface area (Å²) in [6, 6.07) is 0. The number of carbonyl (C=O) groups is 1. The average molecular weight is 262 g/mol. The van der Waals surface area contributed by atoms with Crippen LogP contribution in [0.5, 0.6) is 0 Å². The Labute approximate surface area is 113 Å². The molecule has 0 aromatic rings. The van der Waals surface area contributed by atoms with Crippen molar-refractivity contribution in [3.63, 3.8) is 0 Å². The Balaban J connectivity index is 3.89. The summed E-state index contributed by atoms with van der Waals surface area (Å²) in [6.45, 7) is 0. The van der Waals surface area contributed by atoms with Crippen LogP contribution in [0.3, 0.4) is 0 Å².